The topological polar surface area (TPSA) is 17.1 Å². The van der Waals surface area contributed by atoms with E-state index in [0.29, 0.717) is 12.3 Å². The van der Waals surface area contributed by atoms with Gasteiger partial charge >= 0.3 is 0 Å². The SMILES string of the molecule is CC/C=C\C/C=C\C/C=C\C/C=C\C/C=C\C=C\C(C)CCC(C)=O. The second-order valence-electron chi connectivity index (χ2n) is 6.27. The Morgan fingerprint density at radius 3 is 1.72 bits per heavy atom. The van der Waals surface area contributed by atoms with Crippen LogP contribution in [0.2, 0.25) is 0 Å². The van der Waals surface area contributed by atoms with E-state index in [9.17, 15) is 4.79 Å². The molecule has 0 aromatic carbocycles. The van der Waals surface area contributed by atoms with Crippen molar-refractivity contribution in [3.8, 4) is 0 Å². The summed E-state index contributed by atoms with van der Waals surface area (Å²) in [4.78, 5) is 10.9. The number of carbonyl (C=O) groups is 1. The van der Waals surface area contributed by atoms with Crippen LogP contribution in [0.4, 0.5) is 0 Å². The Morgan fingerprint density at radius 1 is 0.760 bits per heavy atom. The van der Waals surface area contributed by atoms with Crippen LogP contribution in [0.5, 0.6) is 0 Å². The van der Waals surface area contributed by atoms with Crippen LogP contribution in [-0.4, -0.2) is 5.78 Å². The first-order valence-corrected chi connectivity index (χ1v) is 9.59. The Balaban J connectivity index is 3.66. The molecule has 0 aromatic rings. The highest BCUT2D eigenvalue weighted by atomic mass is 16.1. The van der Waals surface area contributed by atoms with Gasteiger partial charge in [-0.25, -0.2) is 0 Å². The molecule has 25 heavy (non-hydrogen) atoms. The summed E-state index contributed by atoms with van der Waals surface area (Å²) in [5.41, 5.74) is 0. The summed E-state index contributed by atoms with van der Waals surface area (Å²) in [5, 5.41) is 0. The Kier molecular flexibility index (Phi) is 17.1. The molecule has 0 amide bonds. The lowest BCUT2D eigenvalue weighted by atomic mass is 10.0. The lowest BCUT2D eigenvalue weighted by molar-refractivity contribution is -0.117. The van der Waals surface area contributed by atoms with Gasteiger partial charge in [0.15, 0.2) is 0 Å². The van der Waals surface area contributed by atoms with Gasteiger partial charge in [0.05, 0.1) is 0 Å². The number of carbonyl (C=O) groups excluding carboxylic acids is 1. The monoisotopic (exact) mass is 340 g/mol. The first kappa shape index (κ1) is 23.1. The molecule has 0 radical (unpaired) electrons. The lowest BCUT2D eigenvalue weighted by Crippen LogP contribution is -1.95. The minimum atomic E-state index is 0.273. The van der Waals surface area contributed by atoms with Crippen LogP contribution in [0.15, 0.2) is 72.9 Å². The highest BCUT2D eigenvalue weighted by molar-refractivity contribution is 5.75. The van der Waals surface area contributed by atoms with E-state index in [-0.39, 0.29) is 5.78 Å². The van der Waals surface area contributed by atoms with Crippen LogP contribution in [0.25, 0.3) is 0 Å². The Bertz CT molecular complexity index is 486. The van der Waals surface area contributed by atoms with E-state index in [1.54, 1.807) is 6.92 Å². The second kappa shape index (κ2) is 18.4. The molecule has 0 saturated heterocycles. The van der Waals surface area contributed by atoms with Gasteiger partial charge in [-0.05, 0) is 51.4 Å². The molecule has 0 bridgehead atoms. The van der Waals surface area contributed by atoms with Crippen molar-refractivity contribution in [3.63, 3.8) is 0 Å². The molecular weight excluding hydrogens is 304 g/mol. The summed E-state index contributed by atoms with van der Waals surface area (Å²) in [7, 11) is 0. The zero-order valence-corrected chi connectivity index (χ0v) is 16.4. The van der Waals surface area contributed by atoms with Crippen LogP contribution < -0.4 is 0 Å². The Labute approximate surface area is 155 Å². The van der Waals surface area contributed by atoms with Gasteiger partial charge in [-0.1, -0.05) is 86.8 Å². The van der Waals surface area contributed by atoms with Crippen molar-refractivity contribution in [2.75, 3.05) is 0 Å². The van der Waals surface area contributed by atoms with Crippen LogP contribution in [0.3, 0.4) is 0 Å². The lowest BCUT2D eigenvalue weighted by Gasteiger charge is -2.02. The molecule has 1 nitrogen and oxygen atoms in total. The van der Waals surface area contributed by atoms with E-state index < -0.39 is 0 Å². The van der Waals surface area contributed by atoms with E-state index in [2.05, 4.69) is 86.8 Å². The summed E-state index contributed by atoms with van der Waals surface area (Å²) < 4.78 is 0. The van der Waals surface area contributed by atoms with Gasteiger partial charge in [-0.15, -0.1) is 0 Å². The molecule has 1 atom stereocenters. The van der Waals surface area contributed by atoms with Gasteiger partial charge in [-0.2, -0.15) is 0 Å². The third kappa shape index (κ3) is 20.1. The van der Waals surface area contributed by atoms with E-state index in [1.807, 2.05) is 0 Å². The van der Waals surface area contributed by atoms with Crippen LogP contribution in [0, 0.1) is 5.92 Å². The average molecular weight is 341 g/mol. The molecule has 0 aliphatic rings. The number of Topliss-reactive ketones (excluding diaryl/α,β-unsaturated/α-hetero) is 1. The highest BCUT2D eigenvalue weighted by Gasteiger charge is 1.98. The normalized spacial score (nSPS) is 14.4. The standard InChI is InChI=1S/C24H36O/c1-4-5-6-7-8-9-10-11-12-13-14-15-16-17-18-19-20-23(2)21-22-24(3)25/h5-6,8-9,11-12,14-15,17-20,23H,4,7,10,13,16,21-22H2,1-3H3/b6-5-,9-8-,12-11-,15-14-,18-17-,20-19+. The molecule has 1 heteroatoms. The van der Waals surface area contributed by atoms with Crippen LogP contribution in [0.1, 0.15) is 65.7 Å². The third-order valence-electron chi connectivity index (χ3n) is 3.63. The predicted octanol–water partition coefficient (Wildman–Crippen LogP) is 7.30. The van der Waals surface area contributed by atoms with Crippen molar-refractivity contribution in [3.05, 3.63) is 72.9 Å². The number of hydrogen-bond donors (Lipinski definition) is 0. The molecule has 0 spiro atoms. The molecular formula is C24H36O. The zero-order valence-electron chi connectivity index (χ0n) is 16.4. The van der Waals surface area contributed by atoms with Gasteiger partial charge in [-0.3, -0.25) is 0 Å². The van der Waals surface area contributed by atoms with Crippen LogP contribution in [-0.2, 0) is 4.79 Å². The highest BCUT2D eigenvalue weighted by Crippen LogP contribution is 2.07. The van der Waals surface area contributed by atoms with E-state index in [1.165, 1.54) is 0 Å². The number of allylic oxidation sites excluding steroid dienone is 12. The molecule has 0 saturated carbocycles. The fourth-order valence-corrected chi connectivity index (χ4v) is 2.09. The smallest absolute Gasteiger partial charge is 0.129 e. The molecule has 138 valence electrons. The maximum Gasteiger partial charge on any atom is 0.129 e. The molecule has 0 aliphatic heterocycles. The summed E-state index contributed by atoms with van der Waals surface area (Å²) in [6.45, 7) is 5.96. The third-order valence-corrected chi connectivity index (χ3v) is 3.63. The number of rotatable bonds is 14. The zero-order chi connectivity index (χ0) is 18.6. The van der Waals surface area contributed by atoms with Gasteiger partial charge in [0.1, 0.15) is 5.78 Å². The van der Waals surface area contributed by atoms with Crippen molar-refractivity contribution >= 4 is 5.78 Å². The fourth-order valence-electron chi connectivity index (χ4n) is 2.09. The summed E-state index contributed by atoms with van der Waals surface area (Å²) >= 11 is 0. The van der Waals surface area contributed by atoms with E-state index in [0.717, 1.165) is 38.5 Å². The molecule has 0 fully saturated rings. The maximum atomic E-state index is 10.9. The van der Waals surface area contributed by atoms with Crippen molar-refractivity contribution in [2.45, 2.75) is 65.7 Å². The number of hydrogen-bond acceptors (Lipinski definition) is 1. The molecule has 0 aromatic heterocycles. The molecule has 1 unspecified atom stereocenters. The van der Waals surface area contributed by atoms with E-state index in [4.69, 9.17) is 0 Å². The first-order valence-electron chi connectivity index (χ1n) is 9.59. The van der Waals surface area contributed by atoms with Crippen molar-refractivity contribution in [1.82, 2.24) is 0 Å². The van der Waals surface area contributed by atoms with Crippen molar-refractivity contribution in [1.29, 1.82) is 0 Å². The Hall–Kier alpha value is -1.89. The quantitative estimate of drug-likeness (QED) is 0.239. The summed E-state index contributed by atoms with van der Waals surface area (Å²) in [6.07, 6.45) is 32.9. The van der Waals surface area contributed by atoms with Gasteiger partial charge in [0.2, 0.25) is 0 Å². The van der Waals surface area contributed by atoms with Crippen molar-refractivity contribution < 1.29 is 4.79 Å². The largest absolute Gasteiger partial charge is 0.300 e. The van der Waals surface area contributed by atoms with Gasteiger partial charge in [0, 0.05) is 6.42 Å². The average Bonchev–Trinajstić information content (AvgIpc) is 2.59. The minimum absolute atomic E-state index is 0.273. The van der Waals surface area contributed by atoms with E-state index >= 15 is 0 Å². The van der Waals surface area contributed by atoms with Crippen molar-refractivity contribution in [2.24, 2.45) is 5.92 Å². The maximum absolute atomic E-state index is 10.9. The molecule has 0 rings (SSSR count). The minimum Gasteiger partial charge on any atom is -0.300 e. The molecule has 0 N–H and O–H groups in total. The predicted molar refractivity (Wildman–Crippen MR) is 113 cm³/mol. The van der Waals surface area contributed by atoms with Gasteiger partial charge in [0.25, 0.3) is 0 Å². The second-order valence-corrected chi connectivity index (χ2v) is 6.27. The summed E-state index contributed by atoms with van der Waals surface area (Å²) in [5.74, 6) is 0.737. The molecule has 0 heterocycles. The summed E-state index contributed by atoms with van der Waals surface area (Å²) in [6, 6.07) is 0. The Morgan fingerprint density at radius 2 is 1.24 bits per heavy atom. The number of ketones is 1. The van der Waals surface area contributed by atoms with Crippen LogP contribution >= 0.6 is 0 Å². The molecule has 0 aliphatic carbocycles. The van der Waals surface area contributed by atoms with Gasteiger partial charge < -0.3 is 4.79 Å². The fraction of sp³-hybridized carbons (Fsp3) is 0.458. The first-order chi connectivity index (χ1) is 12.2.